The van der Waals surface area contributed by atoms with Crippen LogP contribution >= 0.6 is 36.6 Å². The van der Waals surface area contributed by atoms with Gasteiger partial charge in [0.05, 0.1) is 12.8 Å². The highest BCUT2D eigenvalue weighted by Gasteiger charge is 2.08. The van der Waals surface area contributed by atoms with Crippen molar-refractivity contribution >= 4 is 46.8 Å². The molecule has 0 amide bonds. The van der Waals surface area contributed by atoms with Crippen LogP contribution < -0.4 is 0 Å². The summed E-state index contributed by atoms with van der Waals surface area (Å²) in [4.78, 5) is 21.1. The van der Waals surface area contributed by atoms with Crippen LogP contribution in [0, 0.1) is 0 Å². The van der Waals surface area contributed by atoms with Gasteiger partial charge in [-0.25, -0.2) is 0 Å². The van der Waals surface area contributed by atoms with Crippen molar-refractivity contribution in [1.29, 1.82) is 0 Å². The average molecular weight is 234 g/mol. The summed E-state index contributed by atoms with van der Waals surface area (Å²) in [5.74, 6) is 0. The molecular formula is C6H6N2O2S3. The van der Waals surface area contributed by atoms with E-state index in [1.165, 1.54) is 11.3 Å². The van der Waals surface area contributed by atoms with Crippen molar-refractivity contribution in [3.8, 4) is 0 Å². The van der Waals surface area contributed by atoms with Crippen LogP contribution in [0.5, 0.6) is 0 Å². The van der Waals surface area contributed by atoms with Crippen LogP contribution in [0.2, 0.25) is 0 Å². The number of aromatic nitrogens is 2. The van der Waals surface area contributed by atoms with Gasteiger partial charge in [-0.3, -0.25) is 9.59 Å². The molecule has 4 nitrogen and oxygen atoms in total. The minimum atomic E-state index is -0.264. The van der Waals surface area contributed by atoms with E-state index in [1.807, 2.05) is 0 Å². The Balaban J connectivity index is 2.63. The van der Waals surface area contributed by atoms with Gasteiger partial charge in [-0.1, -0.05) is 0 Å². The Morgan fingerprint density at radius 3 is 1.77 bits per heavy atom. The van der Waals surface area contributed by atoms with Crippen molar-refractivity contribution in [3.05, 3.63) is 10.0 Å². The third-order valence-corrected chi connectivity index (χ3v) is 2.35. The largest absolute Gasteiger partial charge is 0.287 e. The SMILES string of the molecule is O=C(S)Cc1nnc(CC(=O)S)s1. The van der Waals surface area contributed by atoms with Crippen LogP contribution in [-0.4, -0.2) is 20.4 Å². The fraction of sp³-hybridized carbons (Fsp3) is 0.333. The van der Waals surface area contributed by atoms with Gasteiger partial charge >= 0.3 is 0 Å². The standard InChI is InChI=1S/C6H6N2O2S3/c9-5(11)1-3-7-8-4(13-3)2-6(10)12/h1-2H2,(H,9,11)(H,10,12). The second-order valence-electron chi connectivity index (χ2n) is 2.23. The van der Waals surface area contributed by atoms with Gasteiger partial charge in [0.15, 0.2) is 10.2 Å². The van der Waals surface area contributed by atoms with Crippen LogP contribution in [0.15, 0.2) is 0 Å². The Bertz CT molecular complexity index is 306. The fourth-order valence-electron chi connectivity index (χ4n) is 0.690. The van der Waals surface area contributed by atoms with E-state index in [4.69, 9.17) is 0 Å². The molecule has 0 bridgehead atoms. The van der Waals surface area contributed by atoms with E-state index < -0.39 is 0 Å². The predicted molar refractivity (Wildman–Crippen MR) is 55.3 cm³/mol. The molecule has 13 heavy (non-hydrogen) atoms. The van der Waals surface area contributed by atoms with Gasteiger partial charge in [-0.2, -0.15) is 0 Å². The van der Waals surface area contributed by atoms with E-state index in [9.17, 15) is 9.59 Å². The summed E-state index contributed by atoms with van der Waals surface area (Å²) in [5.41, 5.74) is 0. The summed E-state index contributed by atoms with van der Waals surface area (Å²) in [5, 5.41) is 8.06. The highest BCUT2D eigenvalue weighted by molar-refractivity contribution is 7.96. The molecule has 1 rings (SSSR count). The molecular weight excluding hydrogens is 228 g/mol. The number of nitrogens with zero attached hydrogens (tertiary/aromatic N) is 2. The molecule has 0 unspecified atom stereocenters. The molecule has 0 aromatic carbocycles. The third-order valence-electron chi connectivity index (χ3n) is 1.11. The lowest BCUT2D eigenvalue weighted by Crippen LogP contribution is -1.92. The summed E-state index contributed by atoms with van der Waals surface area (Å²) >= 11 is 8.44. The maximum absolute atomic E-state index is 10.6. The summed E-state index contributed by atoms with van der Waals surface area (Å²) < 4.78 is 0. The van der Waals surface area contributed by atoms with Crippen molar-refractivity contribution in [3.63, 3.8) is 0 Å². The maximum Gasteiger partial charge on any atom is 0.192 e. The zero-order chi connectivity index (χ0) is 9.84. The summed E-state index contributed by atoms with van der Waals surface area (Å²) in [6.07, 6.45) is 0.309. The number of hydrogen-bond acceptors (Lipinski definition) is 5. The minimum Gasteiger partial charge on any atom is -0.287 e. The van der Waals surface area contributed by atoms with E-state index in [0.717, 1.165) is 0 Å². The molecule has 0 aliphatic carbocycles. The molecule has 0 atom stereocenters. The van der Waals surface area contributed by atoms with Gasteiger partial charge < -0.3 is 0 Å². The van der Waals surface area contributed by atoms with Crippen molar-refractivity contribution in [1.82, 2.24) is 10.2 Å². The molecule has 1 aromatic rings. The molecule has 0 saturated heterocycles. The number of hydrogen-bond donors (Lipinski definition) is 2. The molecule has 0 aliphatic rings. The fourth-order valence-corrected chi connectivity index (χ4v) is 2.05. The highest BCUT2D eigenvalue weighted by Crippen LogP contribution is 2.12. The molecule has 0 saturated carbocycles. The van der Waals surface area contributed by atoms with E-state index >= 15 is 0 Å². The summed E-state index contributed by atoms with van der Waals surface area (Å²) in [7, 11) is 0. The number of carbonyl (C=O) groups is 2. The molecule has 7 heteroatoms. The Hall–Kier alpha value is -0.400. The van der Waals surface area contributed by atoms with Crippen molar-refractivity contribution in [2.45, 2.75) is 12.8 Å². The van der Waals surface area contributed by atoms with Crippen molar-refractivity contribution in [2.75, 3.05) is 0 Å². The number of thiol groups is 2. The van der Waals surface area contributed by atoms with Crippen LogP contribution in [-0.2, 0) is 22.4 Å². The predicted octanol–water partition coefficient (Wildman–Crippen LogP) is 0.536. The monoisotopic (exact) mass is 234 g/mol. The van der Waals surface area contributed by atoms with E-state index in [1.54, 1.807) is 0 Å². The molecule has 70 valence electrons. The van der Waals surface area contributed by atoms with Crippen molar-refractivity contribution in [2.24, 2.45) is 0 Å². The summed E-state index contributed by atoms with van der Waals surface area (Å²) in [6.45, 7) is 0. The molecule has 0 aliphatic heterocycles. The Morgan fingerprint density at radius 2 is 1.46 bits per heavy atom. The molecule has 0 fully saturated rings. The van der Waals surface area contributed by atoms with E-state index in [-0.39, 0.29) is 23.1 Å². The quantitative estimate of drug-likeness (QED) is 0.746. The lowest BCUT2D eigenvalue weighted by molar-refractivity contribution is -0.111. The first-order valence-electron chi connectivity index (χ1n) is 3.33. The first-order valence-corrected chi connectivity index (χ1v) is 5.04. The number of rotatable bonds is 4. The van der Waals surface area contributed by atoms with Gasteiger partial charge in [0.25, 0.3) is 0 Å². The zero-order valence-corrected chi connectivity index (χ0v) is 9.03. The van der Waals surface area contributed by atoms with Gasteiger partial charge in [0, 0.05) is 0 Å². The van der Waals surface area contributed by atoms with Gasteiger partial charge in [0.2, 0.25) is 0 Å². The zero-order valence-electron chi connectivity index (χ0n) is 6.43. The van der Waals surface area contributed by atoms with Gasteiger partial charge in [-0.15, -0.1) is 46.8 Å². The Kier molecular flexibility index (Phi) is 3.89. The second kappa shape index (κ2) is 4.73. The van der Waals surface area contributed by atoms with Gasteiger partial charge in [-0.05, 0) is 0 Å². The van der Waals surface area contributed by atoms with Crippen LogP contribution in [0.4, 0.5) is 0 Å². The van der Waals surface area contributed by atoms with E-state index in [0.29, 0.717) is 10.0 Å². The topological polar surface area (TPSA) is 59.9 Å². The van der Waals surface area contributed by atoms with Crippen LogP contribution in [0.3, 0.4) is 0 Å². The van der Waals surface area contributed by atoms with Gasteiger partial charge in [0.1, 0.15) is 10.0 Å². The minimum absolute atomic E-state index is 0.154. The maximum atomic E-state index is 10.6. The normalized spacial score (nSPS) is 10.0. The highest BCUT2D eigenvalue weighted by atomic mass is 32.1. The Labute approximate surface area is 89.6 Å². The molecule has 0 N–H and O–H groups in total. The first-order chi connectivity index (χ1) is 6.08. The number of carbonyl (C=O) groups excluding carboxylic acids is 2. The third kappa shape index (κ3) is 3.88. The average Bonchev–Trinajstić information content (AvgIpc) is 2.33. The lowest BCUT2D eigenvalue weighted by Gasteiger charge is -1.85. The van der Waals surface area contributed by atoms with Crippen LogP contribution in [0.25, 0.3) is 0 Å². The second-order valence-corrected chi connectivity index (χ2v) is 4.37. The Morgan fingerprint density at radius 1 is 1.08 bits per heavy atom. The molecule has 0 spiro atoms. The van der Waals surface area contributed by atoms with Crippen molar-refractivity contribution < 1.29 is 9.59 Å². The van der Waals surface area contributed by atoms with E-state index in [2.05, 4.69) is 35.5 Å². The first kappa shape index (κ1) is 10.7. The lowest BCUT2D eigenvalue weighted by atomic mass is 10.5. The molecule has 0 radical (unpaired) electrons. The smallest absolute Gasteiger partial charge is 0.192 e. The van der Waals surface area contributed by atoms with Crippen LogP contribution in [0.1, 0.15) is 10.0 Å². The molecule has 1 heterocycles. The molecule has 1 aromatic heterocycles. The summed E-state index contributed by atoms with van der Waals surface area (Å²) in [6, 6.07) is 0.